The van der Waals surface area contributed by atoms with Gasteiger partial charge in [0.15, 0.2) is 5.82 Å². The van der Waals surface area contributed by atoms with E-state index in [1.807, 2.05) is 0 Å². The molecule has 1 atom stereocenters. The third kappa shape index (κ3) is 3.30. The van der Waals surface area contributed by atoms with Crippen molar-refractivity contribution >= 4 is 46.5 Å². The molecule has 0 radical (unpaired) electrons. The van der Waals surface area contributed by atoms with E-state index in [1.54, 1.807) is 55.5 Å². The van der Waals surface area contributed by atoms with Gasteiger partial charge in [0, 0.05) is 11.6 Å². The van der Waals surface area contributed by atoms with E-state index in [2.05, 4.69) is 5.16 Å². The summed E-state index contributed by atoms with van der Waals surface area (Å²) in [5.41, 5.74) is 0.837. The van der Waals surface area contributed by atoms with Gasteiger partial charge in [0.1, 0.15) is 11.5 Å². The lowest BCUT2D eigenvalue weighted by atomic mass is 9.95. The summed E-state index contributed by atoms with van der Waals surface area (Å²) in [6, 6.07) is 13.9. The van der Waals surface area contributed by atoms with E-state index < -0.39 is 17.7 Å². The van der Waals surface area contributed by atoms with Crippen molar-refractivity contribution in [2.45, 2.75) is 13.0 Å². The summed E-state index contributed by atoms with van der Waals surface area (Å²) in [5, 5.41) is 15.4. The molecule has 8 heteroatoms. The first-order valence-corrected chi connectivity index (χ1v) is 9.38. The number of ketones is 1. The molecule has 1 fully saturated rings. The van der Waals surface area contributed by atoms with Gasteiger partial charge in [-0.2, -0.15) is 0 Å². The maximum absolute atomic E-state index is 12.9. The highest BCUT2D eigenvalue weighted by Crippen LogP contribution is 2.43. The van der Waals surface area contributed by atoms with Crippen LogP contribution in [0.15, 0.2) is 64.7 Å². The quantitative estimate of drug-likeness (QED) is 0.363. The highest BCUT2D eigenvalue weighted by molar-refractivity contribution is 6.51. The molecule has 1 aliphatic rings. The van der Waals surface area contributed by atoms with Crippen LogP contribution in [0.4, 0.5) is 5.82 Å². The summed E-state index contributed by atoms with van der Waals surface area (Å²) in [6.07, 6.45) is 0. The van der Waals surface area contributed by atoms with Crippen LogP contribution in [0.2, 0.25) is 10.0 Å². The number of benzene rings is 2. The van der Waals surface area contributed by atoms with E-state index in [1.165, 1.54) is 11.0 Å². The van der Waals surface area contributed by atoms with E-state index in [9.17, 15) is 14.7 Å². The van der Waals surface area contributed by atoms with E-state index in [0.29, 0.717) is 21.9 Å². The zero-order valence-electron chi connectivity index (χ0n) is 15.1. The number of hydrogen-bond donors (Lipinski definition) is 1. The normalized spacial score (nSPS) is 18.4. The predicted octanol–water partition coefficient (Wildman–Crippen LogP) is 4.92. The van der Waals surface area contributed by atoms with Crippen molar-refractivity contribution in [1.82, 2.24) is 5.16 Å². The third-order valence-corrected chi connectivity index (χ3v) is 5.35. The fraction of sp³-hybridized carbons (Fsp3) is 0.0952. The van der Waals surface area contributed by atoms with Crippen LogP contribution < -0.4 is 4.90 Å². The molecule has 146 valence electrons. The molecule has 1 amide bonds. The van der Waals surface area contributed by atoms with Gasteiger partial charge < -0.3 is 9.63 Å². The Hall–Kier alpha value is -3.09. The number of aliphatic hydroxyl groups is 1. The molecule has 29 heavy (non-hydrogen) atoms. The number of aryl methyl sites for hydroxylation is 1. The lowest BCUT2D eigenvalue weighted by Gasteiger charge is -2.23. The number of hydrogen-bond acceptors (Lipinski definition) is 5. The van der Waals surface area contributed by atoms with Crippen LogP contribution in [0.5, 0.6) is 0 Å². The molecular formula is C21H14Cl2N2O4. The first-order valence-electron chi connectivity index (χ1n) is 8.63. The third-order valence-electron chi connectivity index (χ3n) is 4.61. The number of aliphatic hydroxyl groups excluding tert-OH is 1. The molecule has 2 heterocycles. The van der Waals surface area contributed by atoms with E-state index >= 15 is 0 Å². The summed E-state index contributed by atoms with van der Waals surface area (Å²) >= 11 is 12.2. The lowest BCUT2D eigenvalue weighted by molar-refractivity contribution is -0.132. The smallest absolute Gasteiger partial charge is 0.301 e. The fourth-order valence-electron chi connectivity index (χ4n) is 3.29. The molecule has 0 unspecified atom stereocenters. The minimum absolute atomic E-state index is 0.0692. The van der Waals surface area contributed by atoms with Gasteiger partial charge >= 0.3 is 5.91 Å². The molecule has 0 saturated carbocycles. The summed E-state index contributed by atoms with van der Waals surface area (Å²) in [5.74, 6) is -1.32. The van der Waals surface area contributed by atoms with Gasteiger partial charge in [-0.05, 0) is 24.6 Å². The zero-order valence-corrected chi connectivity index (χ0v) is 16.6. The number of amides is 1. The first-order chi connectivity index (χ1) is 13.9. The standard InChI is InChI=1S/C21H14Cl2N2O4/c1-11-9-16(24-29-11)25-18(13-7-8-14(22)15(23)10-13)17(20(27)21(25)28)19(26)12-5-3-2-4-6-12/h2-10,18,26H,1H3/t18-/m1/s1. The Morgan fingerprint density at radius 3 is 2.41 bits per heavy atom. The molecule has 0 aliphatic carbocycles. The van der Waals surface area contributed by atoms with Crippen LogP contribution in [0.3, 0.4) is 0 Å². The number of anilines is 1. The van der Waals surface area contributed by atoms with Crippen molar-refractivity contribution in [2.24, 2.45) is 0 Å². The van der Waals surface area contributed by atoms with Crippen molar-refractivity contribution in [3.63, 3.8) is 0 Å². The lowest BCUT2D eigenvalue weighted by Crippen LogP contribution is -2.29. The topological polar surface area (TPSA) is 83.6 Å². The Bertz CT molecular complexity index is 1150. The summed E-state index contributed by atoms with van der Waals surface area (Å²) in [6.45, 7) is 1.67. The van der Waals surface area contributed by atoms with Crippen molar-refractivity contribution in [3.05, 3.63) is 87.1 Å². The van der Waals surface area contributed by atoms with Gasteiger partial charge in [-0.1, -0.05) is 64.8 Å². The summed E-state index contributed by atoms with van der Waals surface area (Å²) < 4.78 is 5.09. The Labute approximate surface area is 175 Å². The van der Waals surface area contributed by atoms with Crippen molar-refractivity contribution in [2.75, 3.05) is 4.90 Å². The van der Waals surface area contributed by atoms with Crippen LogP contribution in [-0.4, -0.2) is 22.0 Å². The Morgan fingerprint density at radius 1 is 1.07 bits per heavy atom. The Kier molecular flexibility index (Phi) is 4.90. The number of halogens is 2. The first kappa shape index (κ1) is 19.2. The molecule has 4 rings (SSSR count). The molecule has 1 saturated heterocycles. The van der Waals surface area contributed by atoms with Crippen molar-refractivity contribution < 1.29 is 19.2 Å². The molecule has 6 nitrogen and oxygen atoms in total. The number of carbonyl (C=O) groups is 2. The van der Waals surface area contributed by atoms with E-state index in [0.717, 1.165) is 0 Å². The number of Topliss-reactive ketones (excluding diaryl/α,β-unsaturated/α-hetero) is 1. The Morgan fingerprint density at radius 2 is 1.79 bits per heavy atom. The van der Waals surface area contributed by atoms with E-state index in [-0.39, 0.29) is 22.2 Å². The van der Waals surface area contributed by atoms with Crippen LogP contribution in [0, 0.1) is 6.92 Å². The van der Waals surface area contributed by atoms with Gasteiger partial charge in [-0.25, -0.2) is 0 Å². The predicted molar refractivity (Wildman–Crippen MR) is 109 cm³/mol. The fourth-order valence-corrected chi connectivity index (χ4v) is 3.59. The molecule has 1 N–H and O–H groups in total. The van der Waals surface area contributed by atoms with Gasteiger partial charge in [0.05, 0.1) is 21.7 Å². The molecule has 2 aromatic carbocycles. The average Bonchev–Trinajstić information content (AvgIpc) is 3.25. The highest BCUT2D eigenvalue weighted by Gasteiger charge is 2.48. The monoisotopic (exact) mass is 428 g/mol. The number of carbonyl (C=O) groups excluding carboxylic acids is 2. The highest BCUT2D eigenvalue weighted by atomic mass is 35.5. The van der Waals surface area contributed by atoms with E-state index in [4.69, 9.17) is 27.7 Å². The van der Waals surface area contributed by atoms with Crippen LogP contribution >= 0.6 is 23.2 Å². The summed E-state index contributed by atoms with van der Waals surface area (Å²) in [7, 11) is 0. The average molecular weight is 429 g/mol. The molecule has 1 aliphatic heterocycles. The minimum Gasteiger partial charge on any atom is -0.507 e. The van der Waals surface area contributed by atoms with Crippen LogP contribution in [0.25, 0.3) is 5.76 Å². The van der Waals surface area contributed by atoms with Gasteiger partial charge in [-0.3, -0.25) is 14.5 Å². The molecule has 3 aromatic rings. The number of rotatable bonds is 3. The Balaban J connectivity index is 1.97. The molecule has 0 bridgehead atoms. The van der Waals surface area contributed by atoms with Gasteiger partial charge in [0.2, 0.25) is 0 Å². The maximum Gasteiger partial charge on any atom is 0.301 e. The molecular weight excluding hydrogens is 415 g/mol. The maximum atomic E-state index is 12.9. The zero-order chi connectivity index (χ0) is 20.7. The van der Waals surface area contributed by atoms with Crippen molar-refractivity contribution in [3.8, 4) is 0 Å². The second-order valence-corrected chi connectivity index (χ2v) is 7.32. The number of nitrogens with zero attached hydrogens (tertiary/aromatic N) is 2. The molecule has 0 spiro atoms. The van der Waals surface area contributed by atoms with Crippen LogP contribution in [-0.2, 0) is 9.59 Å². The summed E-state index contributed by atoms with van der Waals surface area (Å²) in [4.78, 5) is 27.0. The van der Waals surface area contributed by atoms with Crippen LogP contribution in [0.1, 0.15) is 22.9 Å². The van der Waals surface area contributed by atoms with Gasteiger partial charge in [0.25, 0.3) is 5.78 Å². The second kappa shape index (κ2) is 7.39. The van der Waals surface area contributed by atoms with Gasteiger partial charge in [-0.15, -0.1) is 0 Å². The SMILES string of the molecule is Cc1cc(N2C(=O)C(=O)C(=C(O)c3ccccc3)[C@H]2c2ccc(Cl)c(Cl)c2)no1. The molecule has 1 aromatic heterocycles. The van der Waals surface area contributed by atoms with Crippen molar-refractivity contribution in [1.29, 1.82) is 0 Å². The number of aromatic nitrogens is 1. The largest absolute Gasteiger partial charge is 0.507 e. The second-order valence-electron chi connectivity index (χ2n) is 6.50. The minimum atomic E-state index is -0.950.